The largest absolute Gasteiger partial charge is 0.448 e. The molecule has 3 unspecified atom stereocenters. The second-order valence-electron chi connectivity index (χ2n) is 7.78. The minimum atomic E-state index is -1.99. The maximum atomic E-state index is 7.94. The lowest BCUT2D eigenvalue weighted by molar-refractivity contribution is -0.348. The summed E-state index contributed by atoms with van der Waals surface area (Å²) in [5, 5.41) is 7.94. The summed E-state index contributed by atoms with van der Waals surface area (Å²) in [5.74, 6) is -0.832. The van der Waals surface area contributed by atoms with E-state index in [1.165, 1.54) is 0 Å². The molecule has 0 bridgehead atoms. The van der Waals surface area contributed by atoms with E-state index in [0.29, 0.717) is 6.61 Å². The summed E-state index contributed by atoms with van der Waals surface area (Å²) in [5.41, 5.74) is 1.94. The highest BCUT2D eigenvalue weighted by Crippen LogP contribution is 2.39. The first kappa shape index (κ1) is 23.8. The minimum absolute atomic E-state index is 0.267. The molecule has 2 saturated heterocycles. The molecule has 2 aromatic carbocycles. The van der Waals surface area contributed by atoms with Crippen molar-refractivity contribution >= 4 is 40.7 Å². The zero-order chi connectivity index (χ0) is 22.7. The van der Waals surface area contributed by atoms with Crippen LogP contribution in [0.15, 0.2) is 60.7 Å². The highest BCUT2D eigenvalue weighted by molar-refractivity contribution is 6.76. The SMILES string of the molecule is CC1[C@H](OC(=N)C(Cl)(Cl)Cl)OC2COC(c3ccccc3)O[C@@H]2[C@@H]1OCc1ccccc1. The van der Waals surface area contributed by atoms with Crippen LogP contribution in [0.2, 0.25) is 0 Å². The maximum Gasteiger partial charge on any atom is 0.265 e. The van der Waals surface area contributed by atoms with E-state index < -0.39 is 40.6 Å². The Kier molecular flexibility index (Phi) is 7.62. The van der Waals surface area contributed by atoms with Crippen LogP contribution in [-0.2, 0) is 30.3 Å². The molecule has 0 saturated carbocycles. The summed E-state index contributed by atoms with van der Waals surface area (Å²) >= 11 is 17.4. The quantitative estimate of drug-likeness (QED) is 0.338. The Morgan fingerprint density at radius 2 is 1.69 bits per heavy atom. The van der Waals surface area contributed by atoms with Crippen molar-refractivity contribution in [2.24, 2.45) is 5.92 Å². The molecule has 0 radical (unpaired) electrons. The first-order chi connectivity index (χ1) is 15.3. The van der Waals surface area contributed by atoms with Crippen LogP contribution in [0.25, 0.3) is 0 Å². The number of nitrogens with one attached hydrogen (secondary N) is 1. The van der Waals surface area contributed by atoms with Crippen LogP contribution in [0.3, 0.4) is 0 Å². The molecule has 4 rings (SSSR count). The van der Waals surface area contributed by atoms with Crippen molar-refractivity contribution in [2.45, 2.75) is 48.2 Å². The molecule has 2 aliphatic heterocycles. The Balaban J connectivity index is 1.53. The molecule has 0 aromatic heterocycles. The fourth-order valence-electron chi connectivity index (χ4n) is 3.82. The van der Waals surface area contributed by atoms with E-state index in [4.69, 9.17) is 63.9 Å². The Bertz CT molecular complexity index is 896. The molecule has 2 fully saturated rings. The molecule has 0 amide bonds. The zero-order valence-electron chi connectivity index (χ0n) is 17.3. The van der Waals surface area contributed by atoms with Crippen molar-refractivity contribution in [1.29, 1.82) is 5.41 Å². The van der Waals surface area contributed by atoms with Crippen LogP contribution in [0.4, 0.5) is 0 Å². The topological polar surface area (TPSA) is 70.0 Å². The standard InChI is InChI=1S/C23H24Cl3NO5/c1-14-18(28-12-15-8-4-2-5-9-15)19-17(30-20(14)32-22(27)23(24,25)26)13-29-21(31-19)16-10-6-3-7-11-16/h2-11,14,17-21,27H,12-13H2,1H3/t14?,17?,18-,19+,20+,21?/m1/s1. The van der Waals surface area contributed by atoms with Crippen molar-refractivity contribution < 1.29 is 23.7 Å². The molecular formula is C23H24Cl3NO5. The van der Waals surface area contributed by atoms with Crippen molar-refractivity contribution in [3.05, 3.63) is 71.8 Å². The van der Waals surface area contributed by atoms with Gasteiger partial charge in [-0.25, -0.2) is 0 Å². The van der Waals surface area contributed by atoms with Gasteiger partial charge < -0.3 is 23.7 Å². The molecule has 9 heteroatoms. The molecule has 0 aliphatic carbocycles. The lowest BCUT2D eigenvalue weighted by Gasteiger charge is -2.48. The molecule has 32 heavy (non-hydrogen) atoms. The predicted octanol–water partition coefficient (Wildman–Crippen LogP) is 5.41. The number of benzene rings is 2. The Labute approximate surface area is 202 Å². The van der Waals surface area contributed by atoms with Gasteiger partial charge in [-0.05, 0) is 5.56 Å². The van der Waals surface area contributed by atoms with Crippen molar-refractivity contribution in [3.8, 4) is 0 Å². The van der Waals surface area contributed by atoms with Crippen LogP contribution in [0.1, 0.15) is 24.3 Å². The number of ether oxygens (including phenoxy) is 5. The average molecular weight is 501 g/mol. The molecular weight excluding hydrogens is 477 g/mol. The summed E-state index contributed by atoms with van der Waals surface area (Å²) in [6, 6.07) is 19.6. The average Bonchev–Trinajstić information content (AvgIpc) is 2.79. The van der Waals surface area contributed by atoms with E-state index in [9.17, 15) is 0 Å². The molecule has 172 valence electrons. The van der Waals surface area contributed by atoms with Gasteiger partial charge >= 0.3 is 0 Å². The van der Waals surface area contributed by atoms with Gasteiger partial charge in [-0.1, -0.05) is 102 Å². The summed E-state index contributed by atoms with van der Waals surface area (Å²) in [7, 11) is 0. The molecule has 6 nitrogen and oxygen atoms in total. The first-order valence-electron chi connectivity index (χ1n) is 10.3. The van der Waals surface area contributed by atoms with Crippen LogP contribution >= 0.6 is 34.8 Å². The Morgan fingerprint density at radius 3 is 2.34 bits per heavy atom. The van der Waals surface area contributed by atoms with Gasteiger partial charge in [0.2, 0.25) is 12.2 Å². The molecule has 2 heterocycles. The van der Waals surface area contributed by atoms with Gasteiger partial charge in [0.1, 0.15) is 12.2 Å². The van der Waals surface area contributed by atoms with Gasteiger partial charge in [0, 0.05) is 11.5 Å². The second kappa shape index (κ2) is 10.3. The fraction of sp³-hybridized carbons (Fsp3) is 0.435. The number of fused-ring (bicyclic) bond motifs is 1. The molecule has 1 N–H and O–H groups in total. The Hall–Kier alpha value is -1.38. The van der Waals surface area contributed by atoms with E-state index in [-0.39, 0.29) is 12.5 Å². The molecule has 2 aliphatic rings. The lowest BCUT2D eigenvalue weighted by atomic mass is 9.91. The normalized spacial score (nSPS) is 30.4. The molecule has 0 spiro atoms. The Morgan fingerprint density at radius 1 is 1.03 bits per heavy atom. The van der Waals surface area contributed by atoms with E-state index in [1.54, 1.807) is 0 Å². The first-order valence-corrected chi connectivity index (χ1v) is 11.4. The number of halogens is 3. The summed E-state index contributed by atoms with van der Waals surface area (Å²) in [6.45, 7) is 2.55. The highest BCUT2D eigenvalue weighted by atomic mass is 35.6. The van der Waals surface area contributed by atoms with Crippen molar-refractivity contribution in [3.63, 3.8) is 0 Å². The van der Waals surface area contributed by atoms with Crippen molar-refractivity contribution in [2.75, 3.05) is 6.61 Å². The van der Waals surface area contributed by atoms with Gasteiger partial charge in [0.15, 0.2) is 6.29 Å². The van der Waals surface area contributed by atoms with Gasteiger partial charge in [-0.2, -0.15) is 0 Å². The third kappa shape index (κ3) is 5.57. The van der Waals surface area contributed by atoms with Gasteiger partial charge in [-0.3, -0.25) is 5.41 Å². The van der Waals surface area contributed by atoms with E-state index >= 15 is 0 Å². The summed E-state index contributed by atoms with van der Waals surface area (Å²) < 4.78 is 28.2. The third-order valence-electron chi connectivity index (χ3n) is 5.49. The third-order valence-corrected chi connectivity index (χ3v) is 6.00. The predicted molar refractivity (Wildman–Crippen MR) is 122 cm³/mol. The van der Waals surface area contributed by atoms with Gasteiger partial charge in [-0.15, -0.1) is 0 Å². The second-order valence-corrected chi connectivity index (χ2v) is 10.1. The van der Waals surface area contributed by atoms with Crippen LogP contribution in [0, 0.1) is 11.3 Å². The number of rotatable bonds is 5. The summed E-state index contributed by atoms with van der Waals surface area (Å²) in [4.78, 5) is 0. The van der Waals surface area contributed by atoms with Gasteiger partial charge in [0.05, 0.1) is 19.3 Å². The van der Waals surface area contributed by atoms with Crippen molar-refractivity contribution in [1.82, 2.24) is 0 Å². The summed E-state index contributed by atoms with van der Waals surface area (Å²) in [6.07, 6.45) is -2.68. The number of hydrogen-bond donors (Lipinski definition) is 1. The molecule has 6 atom stereocenters. The van der Waals surface area contributed by atoms with E-state index in [2.05, 4.69) is 0 Å². The van der Waals surface area contributed by atoms with E-state index in [1.807, 2.05) is 67.6 Å². The van der Waals surface area contributed by atoms with Crippen LogP contribution < -0.4 is 0 Å². The van der Waals surface area contributed by atoms with E-state index in [0.717, 1.165) is 11.1 Å². The smallest absolute Gasteiger partial charge is 0.265 e. The fourth-order valence-corrected chi connectivity index (χ4v) is 3.95. The van der Waals surface area contributed by atoms with Crippen LogP contribution in [-0.4, -0.2) is 40.9 Å². The highest BCUT2D eigenvalue weighted by Gasteiger charge is 2.50. The minimum Gasteiger partial charge on any atom is -0.448 e. The molecule has 2 aromatic rings. The number of hydrogen-bond acceptors (Lipinski definition) is 6. The monoisotopic (exact) mass is 499 g/mol. The zero-order valence-corrected chi connectivity index (χ0v) is 19.6. The van der Waals surface area contributed by atoms with Crippen LogP contribution in [0.5, 0.6) is 0 Å². The lowest BCUT2D eigenvalue weighted by Crippen LogP contribution is -2.60. The maximum absolute atomic E-state index is 7.94. The van der Waals surface area contributed by atoms with Gasteiger partial charge in [0.25, 0.3) is 3.79 Å². The number of alkyl halides is 3.